The molecule has 1 spiro atoms. The van der Waals surface area contributed by atoms with Gasteiger partial charge in [-0.05, 0) is 29.9 Å². The second-order valence-electron chi connectivity index (χ2n) is 5.80. The lowest BCUT2D eigenvalue weighted by Gasteiger charge is -2.22. The van der Waals surface area contributed by atoms with Crippen LogP contribution in [-0.2, 0) is 16.8 Å². The van der Waals surface area contributed by atoms with E-state index < -0.39 is 5.54 Å². The largest absolute Gasteiger partial charge is 0.325 e. The van der Waals surface area contributed by atoms with Gasteiger partial charge in [0.25, 0.3) is 5.91 Å². The molecule has 100 valence electrons. The third kappa shape index (κ3) is 1.66. The lowest BCUT2D eigenvalue weighted by molar-refractivity contribution is -0.131. The Balaban J connectivity index is 2.00. The molecule has 1 N–H and O–H groups in total. The smallest absolute Gasteiger partial charge is 0.319 e. The van der Waals surface area contributed by atoms with Gasteiger partial charge in [0.1, 0.15) is 5.54 Å². The average molecular weight is 258 g/mol. The van der Waals surface area contributed by atoms with Crippen molar-refractivity contribution in [3.63, 3.8) is 0 Å². The summed E-state index contributed by atoms with van der Waals surface area (Å²) in [6.45, 7) is 4.50. The van der Waals surface area contributed by atoms with Crippen molar-refractivity contribution in [2.75, 3.05) is 6.54 Å². The highest BCUT2D eigenvalue weighted by molar-refractivity contribution is 6.08. The van der Waals surface area contributed by atoms with E-state index in [9.17, 15) is 9.59 Å². The fraction of sp³-hybridized carbons (Fsp3) is 0.467. The van der Waals surface area contributed by atoms with Gasteiger partial charge in [0.05, 0.1) is 0 Å². The Morgan fingerprint density at radius 2 is 2.05 bits per heavy atom. The number of carbonyl (C=O) groups excluding carboxylic acids is 2. The Labute approximate surface area is 112 Å². The van der Waals surface area contributed by atoms with Crippen LogP contribution < -0.4 is 5.32 Å². The first kappa shape index (κ1) is 12.2. The molecule has 0 radical (unpaired) electrons. The van der Waals surface area contributed by atoms with Crippen molar-refractivity contribution in [2.45, 2.75) is 32.2 Å². The molecule has 0 bridgehead atoms. The van der Waals surface area contributed by atoms with Crippen LogP contribution in [0.2, 0.25) is 0 Å². The predicted molar refractivity (Wildman–Crippen MR) is 71.5 cm³/mol. The summed E-state index contributed by atoms with van der Waals surface area (Å²) >= 11 is 0. The highest BCUT2D eigenvalue weighted by Crippen LogP contribution is 2.41. The van der Waals surface area contributed by atoms with Crippen molar-refractivity contribution in [1.82, 2.24) is 10.2 Å². The van der Waals surface area contributed by atoms with Crippen molar-refractivity contribution in [3.05, 3.63) is 35.4 Å². The van der Waals surface area contributed by atoms with Crippen molar-refractivity contribution >= 4 is 11.9 Å². The van der Waals surface area contributed by atoms with E-state index in [0.29, 0.717) is 13.0 Å². The zero-order valence-electron chi connectivity index (χ0n) is 11.3. The minimum Gasteiger partial charge on any atom is -0.319 e. The monoisotopic (exact) mass is 258 g/mol. The molecule has 1 fully saturated rings. The van der Waals surface area contributed by atoms with E-state index in [2.05, 4.69) is 5.32 Å². The van der Waals surface area contributed by atoms with Crippen molar-refractivity contribution < 1.29 is 9.59 Å². The highest BCUT2D eigenvalue weighted by Gasteiger charge is 2.55. The average Bonchev–Trinajstić information content (AvgIpc) is 2.85. The lowest BCUT2D eigenvalue weighted by Crippen LogP contribution is -2.42. The molecule has 2 aliphatic rings. The summed E-state index contributed by atoms with van der Waals surface area (Å²) in [7, 11) is 0. The van der Waals surface area contributed by atoms with Crippen molar-refractivity contribution in [3.8, 4) is 0 Å². The number of aryl methyl sites for hydroxylation is 1. The van der Waals surface area contributed by atoms with Crippen LogP contribution in [0.15, 0.2) is 24.3 Å². The second kappa shape index (κ2) is 4.08. The number of hydrogen-bond acceptors (Lipinski definition) is 2. The summed E-state index contributed by atoms with van der Waals surface area (Å²) in [5.74, 6) is 0.192. The summed E-state index contributed by atoms with van der Waals surface area (Å²) < 4.78 is 0. The van der Waals surface area contributed by atoms with Gasteiger partial charge in [-0.15, -0.1) is 0 Å². The van der Waals surface area contributed by atoms with Crippen LogP contribution in [0, 0.1) is 5.92 Å². The molecule has 1 aliphatic heterocycles. The Morgan fingerprint density at radius 1 is 1.32 bits per heavy atom. The molecule has 3 rings (SSSR count). The lowest BCUT2D eigenvalue weighted by atomic mass is 9.92. The Kier molecular flexibility index (Phi) is 2.62. The van der Waals surface area contributed by atoms with E-state index in [4.69, 9.17) is 0 Å². The number of fused-ring (bicyclic) bond motifs is 2. The van der Waals surface area contributed by atoms with Crippen LogP contribution in [0.5, 0.6) is 0 Å². The Bertz CT molecular complexity index is 553. The minimum absolute atomic E-state index is 0.0869. The van der Waals surface area contributed by atoms with Crippen LogP contribution in [0.3, 0.4) is 0 Å². The fourth-order valence-electron chi connectivity index (χ4n) is 3.12. The summed E-state index contributed by atoms with van der Waals surface area (Å²) in [6, 6.07) is 7.64. The highest BCUT2D eigenvalue weighted by atomic mass is 16.2. The van der Waals surface area contributed by atoms with Crippen LogP contribution in [0.25, 0.3) is 0 Å². The standard InChI is InChI=1S/C15H18N2O2/c1-10(2)9-17-13(18)15(16-14(17)19)8-7-11-5-3-4-6-12(11)15/h3-6,10H,7-9H2,1-2H3,(H,16,19). The first-order chi connectivity index (χ1) is 9.04. The second-order valence-corrected chi connectivity index (χ2v) is 5.80. The third-order valence-electron chi connectivity index (χ3n) is 3.97. The number of nitrogens with one attached hydrogen (secondary N) is 1. The molecule has 19 heavy (non-hydrogen) atoms. The molecule has 1 aliphatic carbocycles. The Hall–Kier alpha value is -1.84. The maximum atomic E-state index is 12.7. The van der Waals surface area contributed by atoms with Gasteiger partial charge in [-0.1, -0.05) is 38.1 Å². The molecule has 1 saturated heterocycles. The van der Waals surface area contributed by atoms with E-state index in [1.54, 1.807) is 0 Å². The normalized spacial score (nSPS) is 25.3. The summed E-state index contributed by atoms with van der Waals surface area (Å²) in [5, 5.41) is 2.93. The Morgan fingerprint density at radius 3 is 2.79 bits per heavy atom. The number of nitrogens with zero attached hydrogens (tertiary/aromatic N) is 1. The predicted octanol–water partition coefficient (Wildman–Crippen LogP) is 2.04. The minimum atomic E-state index is -0.803. The van der Waals surface area contributed by atoms with Gasteiger partial charge in [-0.2, -0.15) is 0 Å². The molecule has 1 atom stereocenters. The van der Waals surface area contributed by atoms with Crippen LogP contribution in [0.4, 0.5) is 4.79 Å². The van der Waals surface area contributed by atoms with Crippen LogP contribution in [0.1, 0.15) is 31.4 Å². The maximum absolute atomic E-state index is 12.7. The molecular weight excluding hydrogens is 240 g/mol. The van der Waals surface area contributed by atoms with Gasteiger partial charge >= 0.3 is 6.03 Å². The van der Waals surface area contributed by atoms with E-state index in [-0.39, 0.29) is 17.9 Å². The summed E-state index contributed by atoms with van der Waals surface area (Å²) in [6.07, 6.45) is 1.52. The zero-order valence-corrected chi connectivity index (χ0v) is 11.3. The third-order valence-corrected chi connectivity index (χ3v) is 3.97. The first-order valence-electron chi connectivity index (χ1n) is 6.77. The molecule has 4 heteroatoms. The number of rotatable bonds is 2. The van der Waals surface area contributed by atoms with Gasteiger partial charge in [-0.3, -0.25) is 9.69 Å². The molecule has 4 nitrogen and oxygen atoms in total. The number of imide groups is 1. The number of urea groups is 1. The summed E-state index contributed by atoms with van der Waals surface area (Å²) in [5.41, 5.74) is 1.34. The van der Waals surface area contributed by atoms with Gasteiger partial charge in [-0.25, -0.2) is 4.79 Å². The van der Waals surface area contributed by atoms with Gasteiger partial charge < -0.3 is 5.32 Å². The maximum Gasteiger partial charge on any atom is 0.325 e. The molecule has 1 aromatic rings. The van der Waals surface area contributed by atoms with Crippen LogP contribution in [-0.4, -0.2) is 23.4 Å². The molecule has 1 unspecified atom stereocenters. The molecule has 1 heterocycles. The summed E-state index contributed by atoms with van der Waals surface area (Å²) in [4.78, 5) is 26.1. The number of amides is 3. The molecule has 0 saturated carbocycles. The SMILES string of the molecule is CC(C)CN1C(=O)NC2(CCc3ccccc32)C1=O. The van der Waals surface area contributed by atoms with E-state index in [1.165, 1.54) is 10.5 Å². The zero-order chi connectivity index (χ0) is 13.6. The fourth-order valence-corrected chi connectivity index (χ4v) is 3.12. The van der Waals surface area contributed by atoms with Gasteiger partial charge in [0.2, 0.25) is 0 Å². The van der Waals surface area contributed by atoms with Crippen molar-refractivity contribution in [1.29, 1.82) is 0 Å². The van der Waals surface area contributed by atoms with Crippen LogP contribution >= 0.6 is 0 Å². The van der Waals surface area contributed by atoms with Gasteiger partial charge in [0.15, 0.2) is 0 Å². The van der Waals surface area contributed by atoms with Crippen molar-refractivity contribution in [2.24, 2.45) is 5.92 Å². The topological polar surface area (TPSA) is 49.4 Å². The first-order valence-corrected chi connectivity index (χ1v) is 6.77. The number of hydrogen-bond donors (Lipinski definition) is 1. The molecule has 1 aromatic carbocycles. The number of carbonyl (C=O) groups is 2. The quantitative estimate of drug-likeness (QED) is 0.825. The van der Waals surface area contributed by atoms with E-state index in [1.807, 2.05) is 38.1 Å². The number of benzene rings is 1. The molecule has 3 amide bonds. The van der Waals surface area contributed by atoms with Gasteiger partial charge in [0, 0.05) is 6.54 Å². The molecular formula is C15H18N2O2. The van der Waals surface area contributed by atoms with E-state index in [0.717, 1.165) is 12.0 Å². The molecule has 0 aromatic heterocycles. The van der Waals surface area contributed by atoms with E-state index >= 15 is 0 Å².